The molecule has 0 saturated heterocycles. The molecule has 104 valence electrons. The molecule has 0 radical (unpaired) electrons. The van der Waals surface area contributed by atoms with Gasteiger partial charge in [-0.15, -0.1) is 0 Å². The number of carbonyl (C=O) groups excluding carboxylic acids is 1. The van der Waals surface area contributed by atoms with Gasteiger partial charge >= 0.3 is 5.97 Å². The van der Waals surface area contributed by atoms with Crippen LogP contribution in [0.3, 0.4) is 0 Å². The standard InChI is InChI=1S/C13H12FN3O3/c1-2-20-12(19)10-7-16-13(15)17(11(10)18)9-5-3-8(14)4-6-9/h3-7H,2H2,1H3,(H2,15,16). The summed E-state index contributed by atoms with van der Waals surface area (Å²) in [5.41, 5.74) is 5.06. The molecule has 2 rings (SSSR count). The summed E-state index contributed by atoms with van der Waals surface area (Å²) in [4.78, 5) is 27.7. The molecule has 0 atom stereocenters. The fraction of sp³-hybridized carbons (Fsp3) is 0.154. The molecule has 2 N–H and O–H groups in total. The molecule has 0 aliphatic heterocycles. The smallest absolute Gasteiger partial charge is 0.345 e. The van der Waals surface area contributed by atoms with E-state index in [1.165, 1.54) is 24.3 Å². The summed E-state index contributed by atoms with van der Waals surface area (Å²) in [5.74, 6) is -1.33. The zero-order chi connectivity index (χ0) is 14.7. The lowest BCUT2D eigenvalue weighted by molar-refractivity contribution is 0.0523. The van der Waals surface area contributed by atoms with Gasteiger partial charge in [-0.1, -0.05) is 0 Å². The molecule has 0 aliphatic carbocycles. The summed E-state index contributed by atoms with van der Waals surface area (Å²) in [6.07, 6.45) is 1.07. The molecular formula is C13H12FN3O3. The van der Waals surface area contributed by atoms with Crippen molar-refractivity contribution < 1.29 is 13.9 Å². The number of rotatable bonds is 3. The lowest BCUT2D eigenvalue weighted by Gasteiger charge is -2.10. The number of nitrogens with two attached hydrogens (primary N) is 1. The average Bonchev–Trinajstić information content (AvgIpc) is 2.41. The molecular weight excluding hydrogens is 265 g/mol. The van der Waals surface area contributed by atoms with E-state index in [4.69, 9.17) is 10.5 Å². The van der Waals surface area contributed by atoms with Gasteiger partial charge < -0.3 is 10.5 Å². The normalized spacial score (nSPS) is 10.3. The zero-order valence-corrected chi connectivity index (χ0v) is 10.7. The van der Waals surface area contributed by atoms with Crippen LogP contribution in [0.2, 0.25) is 0 Å². The fourth-order valence-electron chi connectivity index (χ4n) is 1.66. The predicted octanol–water partition coefficient (Wildman–Crippen LogP) is 1.13. The van der Waals surface area contributed by atoms with Crippen LogP contribution in [0.5, 0.6) is 0 Å². The van der Waals surface area contributed by atoms with E-state index in [0.29, 0.717) is 5.69 Å². The molecule has 0 aliphatic rings. The molecule has 0 unspecified atom stereocenters. The van der Waals surface area contributed by atoms with Crippen LogP contribution in [-0.4, -0.2) is 22.1 Å². The zero-order valence-electron chi connectivity index (χ0n) is 10.7. The molecule has 0 amide bonds. The number of nitrogens with zero attached hydrogens (tertiary/aromatic N) is 2. The van der Waals surface area contributed by atoms with Gasteiger partial charge in [0.25, 0.3) is 5.56 Å². The summed E-state index contributed by atoms with van der Waals surface area (Å²) in [6, 6.07) is 5.09. The Morgan fingerprint density at radius 2 is 2.05 bits per heavy atom. The third kappa shape index (κ3) is 2.51. The Balaban J connectivity index is 2.58. The second-order valence-electron chi connectivity index (χ2n) is 3.87. The first-order valence-electron chi connectivity index (χ1n) is 5.85. The third-order valence-corrected chi connectivity index (χ3v) is 2.57. The first kappa shape index (κ1) is 13.7. The lowest BCUT2D eigenvalue weighted by Crippen LogP contribution is -2.29. The van der Waals surface area contributed by atoms with Gasteiger partial charge in [0.05, 0.1) is 18.5 Å². The second kappa shape index (κ2) is 5.52. The average molecular weight is 277 g/mol. The number of carbonyl (C=O) groups is 1. The predicted molar refractivity (Wildman–Crippen MR) is 70.2 cm³/mol. The van der Waals surface area contributed by atoms with Gasteiger partial charge in [-0.3, -0.25) is 4.79 Å². The SMILES string of the molecule is CCOC(=O)c1cnc(N)n(-c2ccc(F)cc2)c1=O. The van der Waals surface area contributed by atoms with Crippen LogP contribution in [0.4, 0.5) is 10.3 Å². The highest BCUT2D eigenvalue weighted by atomic mass is 19.1. The highest BCUT2D eigenvalue weighted by Gasteiger charge is 2.17. The number of anilines is 1. The van der Waals surface area contributed by atoms with Gasteiger partial charge in [-0.05, 0) is 31.2 Å². The van der Waals surface area contributed by atoms with Crippen molar-refractivity contribution in [2.75, 3.05) is 12.3 Å². The molecule has 1 aromatic carbocycles. The highest BCUT2D eigenvalue weighted by molar-refractivity contribution is 5.88. The monoisotopic (exact) mass is 277 g/mol. The van der Waals surface area contributed by atoms with Crippen molar-refractivity contribution >= 4 is 11.9 Å². The van der Waals surface area contributed by atoms with E-state index in [-0.39, 0.29) is 18.1 Å². The van der Waals surface area contributed by atoms with E-state index in [0.717, 1.165) is 10.8 Å². The molecule has 1 aromatic heterocycles. The Morgan fingerprint density at radius 1 is 1.40 bits per heavy atom. The molecule has 0 spiro atoms. The largest absolute Gasteiger partial charge is 0.462 e. The Bertz CT molecular complexity index is 695. The second-order valence-corrected chi connectivity index (χ2v) is 3.87. The molecule has 2 aromatic rings. The van der Waals surface area contributed by atoms with E-state index in [1.54, 1.807) is 6.92 Å². The van der Waals surface area contributed by atoms with Crippen LogP contribution in [-0.2, 0) is 4.74 Å². The number of nitrogen functional groups attached to an aromatic ring is 1. The van der Waals surface area contributed by atoms with Crippen LogP contribution in [0, 0.1) is 5.82 Å². The Hall–Kier alpha value is -2.70. The van der Waals surface area contributed by atoms with Gasteiger partial charge in [0, 0.05) is 0 Å². The fourth-order valence-corrected chi connectivity index (χ4v) is 1.66. The van der Waals surface area contributed by atoms with Crippen molar-refractivity contribution in [2.24, 2.45) is 0 Å². The van der Waals surface area contributed by atoms with Crippen molar-refractivity contribution in [3.05, 3.63) is 52.2 Å². The Morgan fingerprint density at radius 3 is 2.65 bits per heavy atom. The van der Waals surface area contributed by atoms with Crippen molar-refractivity contribution in [3.8, 4) is 5.69 Å². The molecule has 0 fully saturated rings. The lowest BCUT2D eigenvalue weighted by atomic mass is 10.3. The summed E-state index contributed by atoms with van der Waals surface area (Å²) in [7, 11) is 0. The number of aromatic nitrogens is 2. The van der Waals surface area contributed by atoms with Crippen LogP contribution < -0.4 is 11.3 Å². The molecule has 6 nitrogen and oxygen atoms in total. The Labute approximate surface area is 113 Å². The van der Waals surface area contributed by atoms with Gasteiger partial charge in [0.2, 0.25) is 5.95 Å². The maximum Gasteiger partial charge on any atom is 0.345 e. The van der Waals surface area contributed by atoms with Crippen molar-refractivity contribution in [3.63, 3.8) is 0 Å². The van der Waals surface area contributed by atoms with Gasteiger partial charge in [-0.25, -0.2) is 18.7 Å². The van der Waals surface area contributed by atoms with Crippen LogP contribution in [0.15, 0.2) is 35.3 Å². The topological polar surface area (TPSA) is 87.2 Å². The summed E-state index contributed by atoms with van der Waals surface area (Å²) in [5, 5.41) is 0. The quantitative estimate of drug-likeness (QED) is 0.850. The highest BCUT2D eigenvalue weighted by Crippen LogP contribution is 2.10. The van der Waals surface area contributed by atoms with E-state index < -0.39 is 17.3 Å². The van der Waals surface area contributed by atoms with Crippen LogP contribution in [0.1, 0.15) is 17.3 Å². The summed E-state index contributed by atoms with van der Waals surface area (Å²) >= 11 is 0. The van der Waals surface area contributed by atoms with Crippen LogP contribution in [0.25, 0.3) is 5.69 Å². The third-order valence-electron chi connectivity index (χ3n) is 2.57. The number of benzene rings is 1. The number of halogens is 1. The van der Waals surface area contributed by atoms with Crippen molar-refractivity contribution in [2.45, 2.75) is 6.92 Å². The minimum absolute atomic E-state index is 0.102. The molecule has 20 heavy (non-hydrogen) atoms. The van der Waals surface area contributed by atoms with Gasteiger partial charge in [0.1, 0.15) is 11.4 Å². The van der Waals surface area contributed by atoms with E-state index >= 15 is 0 Å². The maximum atomic E-state index is 12.9. The molecule has 0 saturated carbocycles. The number of esters is 1. The first-order valence-corrected chi connectivity index (χ1v) is 5.85. The summed E-state index contributed by atoms with van der Waals surface area (Å²) < 4.78 is 18.7. The number of hydrogen-bond acceptors (Lipinski definition) is 5. The van der Waals surface area contributed by atoms with E-state index in [9.17, 15) is 14.0 Å². The first-order chi connectivity index (χ1) is 9.54. The van der Waals surface area contributed by atoms with E-state index in [1.807, 2.05) is 0 Å². The van der Waals surface area contributed by atoms with Gasteiger partial charge in [0.15, 0.2) is 0 Å². The van der Waals surface area contributed by atoms with Crippen LogP contribution >= 0.6 is 0 Å². The minimum Gasteiger partial charge on any atom is -0.462 e. The molecule has 1 heterocycles. The number of ether oxygens (including phenoxy) is 1. The number of hydrogen-bond donors (Lipinski definition) is 1. The Kier molecular flexibility index (Phi) is 3.79. The molecule has 0 bridgehead atoms. The molecule has 7 heteroatoms. The van der Waals surface area contributed by atoms with E-state index in [2.05, 4.69) is 4.98 Å². The van der Waals surface area contributed by atoms with Crippen molar-refractivity contribution in [1.29, 1.82) is 0 Å². The van der Waals surface area contributed by atoms with Crippen molar-refractivity contribution in [1.82, 2.24) is 9.55 Å². The maximum absolute atomic E-state index is 12.9. The van der Waals surface area contributed by atoms with Gasteiger partial charge in [-0.2, -0.15) is 0 Å². The summed E-state index contributed by atoms with van der Waals surface area (Å²) in [6.45, 7) is 1.76. The minimum atomic E-state index is -0.777.